The number of benzene rings is 1. The summed E-state index contributed by atoms with van der Waals surface area (Å²) >= 11 is 0. The molecule has 7 N–H and O–H groups in total. The molecule has 0 radical (unpaired) electrons. The number of aliphatic hydroxyl groups excluding tert-OH is 1. The Bertz CT molecular complexity index is 817. The van der Waals surface area contributed by atoms with E-state index in [0.717, 1.165) is 5.56 Å². The summed E-state index contributed by atoms with van der Waals surface area (Å²) in [6.45, 7) is 6.59. The Hall–Kier alpha value is -2.98. The van der Waals surface area contributed by atoms with Crippen molar-refractivity contribution in [3.63, 3.8) is 0 Å². The van der Waals surface area contributed by atoms with Crippen LogP contribution in [0.5, 0.6) is 0 Å². The fourth-order valence-electron chi connectivity index (χ4n) is 3.35. The number of carbonyl (C=O) groups is 4. The van der Waals surface area contributed by atoms with E-state index in [2.05, 4.69) is 16.0 Å². The van der Waals surface area contributed by atoms with Gasteiger partial charge in [-0.2, -0.15) is 0 Å². The Labute approximate surface area is 200 Å². The van der Waals surface area contributed by atoms with E-state index in [1.165, 1.54) is 0 Å². The van der Waals surface area contributed by atoms with Crippen molar-refractivity contribution in [1.29, 1.82) is 0 Å². The van der Waals surface area contributed by atoms with Gasteiger partial charge in [0.15, 0.2) is 0 Å². The second kappa shape index (κ2) is 14.3. The van der Waals surface area contributed by atoms with Crippen LogP contribution in [0.1, 0.15) is 46.1 Å². The number of carbonyl (C=O) groups excluding carboxylic acids is 3. The average Bonchev–Trinajstić information content (AvgIpc) is 2.79. The Balaban J connectivity index is 2.95. The smallest absolute Gasteiger partial charge is 0.328 e. The highest BCUT2D eigenvalue weighted by Gasteiger charge is 2.32. The van der Waals surface area contributed by atoms with E-state index < -0.39 is 54.5 Å². The molecule has 1 aromatic rings. The lowest BCUT2D eigenvalue weighted by molar-refractivity contribution is -0.143. The highest BCUT2D eigenvalue weighted by molar-refractivity contribution is 5.94. The van der Waals surface area contributed by atoms with E-state index in [0.29, 0.717) is 12.8 Å². The van der Waals surface area contributed by atoms with Gasteiger partial charge in [0.05, 0.1) is 12.6 Å². The third-order valence-electron chi connectivity index (χ3n) is 5.57. The number of nitrogens with one attached hydrogen (secondary N) is 3. The highest BCUT2D eigenvalue weighted by atomic mass is 16.4. The maximum absolute atomic E-state index is 13.1. The van der Waals surface area contributed by atoms with Gasteiger partial charge in [0.1, 0.15) is 18.1 Å². The molecular weight excluding hydrogens is 440 g/mol. The number of hydrogen-bond donors (Lipinski definition) is 6. The standard InChI is InChI=1S/C24H38N4O6/c1-5-15(4)20(28-21(30)17(25)12-16-9-7-6-8-10-16)23(32)26-18(11-14(2)3)22(31)27-19(13-29)24(33)34/h6-10,14-15,17-20,29H,5,11-13,25H2,1-4H3,(H,26,32)(H,27,31)(H,28,30)(H,33,34). The maximum atomic E-state index is 13.1. The van der Waals surface area contributed by atoms with Crippen LogP contribution in [0.15, 0.2) is 30.3 Å². The molecule has 0 bridgehead atoms. The number of rotatable bonds is 14. The predicted octanol–water partition coefficient (Wildman–Crippen LogP) is 0.180. The molecule has 34 heavy (non-hydrogen) atoms. The molecule has 5 unspecified atom stereocenters. The molecular formula is C24H38N4O6. The minimum absolute atomic E-state index is 0.00406. The van der Waals surface area contributed by atoms with Gasteiger partial charge in [0.2, 0.25) is 17.7 Å². The summed E-state index contributed by atoms with van der Waals surface area (Å²) in [6, 6.07) is 4.95. The van der Waals surface area contributed by atoms with Gasteiger partial charge >= 0.3 is 5.97 Å². The average molecular weight is 479 g/mol. The molecule has 1 aromatic carbocycles. The number of carboxylic acid groups (broad SMARTS) is 1. The van der Waals surface area contributed by atoms with E-state index in [9.17, 15) is 24.3 Å². The van der Waals surface area contributed by atoms with Gasteiger partial charge in [-0.15, -0.1) is 0 Å². The fourth-order valence-corrected chi connectivity index (χ4v) is 3.35. The van der Waals surface area contributed by atoms with E-state index in [1.54, 1.807) is 6.92 Å². The maximum Gasteiger partial charge on any atom is 0.328 e. The van der Waals surface area contributed by atoms with Crippen molar-refractivity contribution >= 4 is 23.7 Å². The SMILES string of the molecule is CCC(C)C(NC(=O)C(N)Cc1ccccc1)C(=O)NC(CC(C)C)C(=O)NC(CO)C(=O)O. The summed E-state index contributed by atoms with van der Waals surface area (Å²) in [5, 5.41) is 25.9. The Morgan fingerprint density at radius 1 is 0.912 bits per heavy atom. The van der Waals surface area contributed by atoms with Crippen LogP contribution >= 0.6 is 0 Å². The first-order valence-electron chi connectivity index (χ1n) is 11.5. The molecule has 0 aliphatic heterocycles. The number of amides is 3. The summed E-state index contributed by atoms with van der Waals surface area (Å²) < 4.78 is 0. The van der Waals surface area contributed by atoms with Gasteiger partial charge in [-0.3, -0.25) is 14.4 Å². The lowest BCUT2D eigenvalue weighted by Gasteiger charge is -2.28. The van der Waals surface area contributed by atoms with Crippen LogP contribution < -0.4 is 21.7 Å². The summed E-state index contributed by atoms with van der Waals surface area (Å²) in [6.07, 6.45) is 1.13. The van der Waals surface area contributed by atoms with Gasteiger partial charge in [0.25, 0.3) is 0 Å². The fraction of sp³-hybridized carbons (Fsp3) is 0.583. The van der Waals surface area contributed by atoms with E-state index in [1.807, 2.05) is 51.1 Å². The van der Waals surface area contributed by atoms with Gasteiger partial charge in [0, 0.05) is 0 Å². The summed E-state index contributed by atoms with van der Waals surface area (Å²) in [7, 11) is 0. The van der Waals surface area contributed by atoms with Gasteiger partial charge in [-0.05, 0) is 30.2 Å². The van der Waals surface area contributed by atoms with Gasteiger partial charge in [-0.1, -0.05) is 64.4 Å². The molecule has 1 rings (SSSR count). The molecule has 10 nitrogen and oxygen atoms in total. The van der Waals surface area contributed by atoms with E-state index in [4.69, 9.17) is 10.8 Å². The quantitative estimate of drug-likeness (QED) is 0.221. The molecule has 0 aromatic heterocycles. The highest BCUT2D eigenvalue weighted by Crippen LogP contribution is 2.12. The van der Waals surface area contributed by atoms with E-state index in [-0.39, 0.29) is 18.3 Å². The molecule has 0 aliphatic rings. The molecule has 0 spiro atoms. The van der Waals surface area contributed by atoms with Crippen LogP contribution in [0.2, 0.25) is 0 Å². The zero-order valence-corrected chi connectivity index (χ0v) is 20.3. The van der Waals surface area contributed by atoms with Crippen molar-refractivity contribution < 1.29 is 29.4 Å². The Morgan fingerprint density at radius 3 is 2.00 bits per heavy atom. The van der Waals surface area contributed by atoms with Crippen LogP contribution in [0.25, 0.3) is 0 Å². The predicted molar refractivity (Wildman–Crippen MR) is 128 cm³/mol. The van der Waals surface area contributed by atoms with Gasteiger partial charge in [-0.25, -0.2) is 4.79 Å². The van der Waals surface area contributed by atoms with Crippen LogP contribution in [-0.4, -0.2) is 64.7 Å². The van der Waals surface area contributed by atoms with Crippen molar-refractivity contribution in [3.8, 4) is 0 Å². The monoisotopic (exact) mass is 478 g/mol. The molecule has 0 saturated heterocycles. The largest absolute Gasteiger partial charge is 0.480 e. The molecule has 3 amide bonds. The molecule has 10 heteroatoms. The zero-order valence-electron chi connectivity index (χ0n) is 20.3. The number of aliphatic carboxylic acids is 1. The molecule has 0 aliphatic carbocycles. The van der Waals surface area contributed by atoms with Crippen LogP contribution in [0.4, 0.5) is 0 Å². The normalized spacial score (nSPS) is 15.5. The Kier molecular flexibility index (Phi) is 12.2. The van der Waals surface area contributed by atoms with Crippen molar-refractivity contribution in [1.82, 2.24) is 16.0 Å². The minimum Gasteiger partial charge on any atom is -0.480 e. The topological polar surface area (TPSA) is 171 Å². The van der Waals surface area contributed by atoms with Crippen molar-refractivity contribution in [3.05, 3.63) is 35.9 Å². The summed E-state index contributed by atoms with van der Waals surface area (Å²) in [5.41, 5.74) is 6.96. The first-order chi connectivity index (χ1) is 16.0. The summed E-state index contributed by atoms with van der Waals surface area (Å²) in [4.78, 5) is 49.7. The minimum atomic E-state index is -1.49. The van der Waals surface area contributed by atoms with E-state index >= 15 is 0 Å². The lowest BCUT2D eigenvalue weighted by atomic mass is 9.96. The van der Waals surface area contributed by atoms with Crippen molar-refractivity contribution in [2.45, 2.75) is 71.1 Å². The number of aliphatic hydroxyl groups is 1. The van der Waals surface area contributed by atoms with Crippen LogP contribution in [0, 0.1) is 11.8 Å². The first-order valence-corrected chi connectivity index (χ1v) is 11.5. The molecule has 5 atom stereocenters. The van der Waals surface area contributed by atoms with Crippen molar-refractivity contribution in [2.75, 3.05) is 6.61 Å². The number of hydrogen-bond acceptors (Lipinski definition) is 6. The second-order valence-electron chi connectivity index (χ2n) is 8.94. The Morgan fingerprint density at radius 2 is 1.50 bits per heavy atom. The third-order valence-corrected chi connectivity index (χ3v) is 5.57. The second-order valence-corrected chi connectivity index (χ2v) is 8.94. The summed E-state index contributed by atoms with van der Waals surface area (Å²) in [5.74, 6) is -3.41. The van der Waals surface area contributed by atoms with Gasteiger partial charge < -0.3 is 31.9 Å². The van der Waals surface area contributed by atoms with Crippen molar-refractivity contribution in [2.24, 2.45) is 17.6 Å². The third kappa shape index (κ3) is 9.48. The molecule has 190 valence electrons. The molecule has 0 heterocycles. The van der Waals surface area contributed by atoms with Crippen LogP contribution in [-0.2, 0) is 25.6 Å². The molecule has 0 saturated carbocycles. The number of nitrogens with two attached hydrogens (primary N) is 1. The lowest BCUT2D eigenvalue weighted by Crippen LogP contribution is -2.59. The zero-order chi connectivity index (χ0) is 25.8. The molecule has 0 fully saturated rings. The van der Waals surface area contributed by atoms with Crippen LogP contribution in [0.3, 0.4) is 0 Å². The number of carboxylic acids is 1. The first kappa shape index (κ1) is 29.1.